The summed E-state index contributed by atoms with van der Waals surface area (Å²) in [4.78, 5) is 12.1. The fraction of sp³-hybridized carbons (Fsp3) is 0.929. The molecule has 1 aliphatic rings. The maximum Gasteiger partial charge on any atom is 0.195 e. The van der Waals surface area contributed by atoms with Crippen LogP contribution >= 0.6 is 0 Å². The Balaban J connectivity index is 3.31. The number of carbonyl (C=O) groups excluding carboxylic acids is 1. The molecule has 13 nitrogen and oxygen atoms in total. The van der Waals surface area contributed by atoms with E-state index >= 15 is 0 Å². The number of carbonyl (C=O) groups is 1. The maximum atomic E-state index is 12.1. The molecule has 1 fully saturated rings. The summed E-state index contributed by atoms with van der Waals surface area (Å²) >= 11 is 0. The van der Waals surface area contributed by atoms with Crippen molar-refractivity contribution >= 4 is 5.78 Å². The van der Waals surface area contributed by atoms with E-state index in [1.165, 1.54) is 0 Å². The van der Waals surface area contributed by atoms with Crippen LogP contribution in [0.3, 0.4) is 0 Å². The molecule has 0 radical (unpaired) electrons. The van der Waals surface area contributed by atoms with Crippen LogP contribution in [0.25, 0.3) is 0 Å². The molecule has 160 valence electrons. The van der Waals surface area contributed by atoms with Crippen molar-refractivity contribution in [2.75, 3.05) is 19.8 Å². The van der Waals surface area contributed by atoms with Crippen LogP contribution in [0.15, 0.2) is 0 Å². The standard InChI is InChI=1S/C14H26O13/c15-1-4(18)7(20)10(23)12(25)14(26,6(19)3-17)13-11(24)9(22)8(21)5(2-16)27-13/h4-5,7-13,15-18,20-26H,1-3H2/t4?,5-,7?,8+,9+,10?,11-,12?,13?,14?/m1/s1. The van der Waals surface area contributed by atoms with E-state index < -0.39 is 86.1 Å². The van der Waals surface area contributed by atoms with Gasteiger partial charge in [-0.2, -0.15) is 0 Å². The van der Waals surface area contributed by atoms with Crippen molar-refractivity contribution in [3.8, 4) is 0 Å². The van der Waals surface area contributed by atoms with E-state index in [9.17, 15) is 50.8 Å². The topological polar surface area (TPSA) is 249 Å². The van der Waals surface area contributed by atoms with Crippen molar-refractivity contribution in [3.63, 3.8) is 0 Å². The Morgan fingerprint density at radius 2 is 1.48 bits per heavy atom. The molecule has 13 heteroatoms. The van der Waals surface area contributed by atoms with E-state index in [1.54, 1.807) is 0 Å². The van der Waals surface area contributed by atoms with Gasteiger partial charge in [0.2, 0.25) is 0 Å². The summed E-state index contributed by atoms with van der Waals surface area (Å²) in [5.41, 5.74) is -3.35. The minimum atomic E-state index is -3.35. The number of hydrogen-bond donors (Lipinski definition) is 11. The van der Waals surface area contributed by atoms with E-state index in [-0.39, 0.29) is 0 Å². The smallest absolute Gasteiger partial charge is 0.195 e. The molecule has 27 heavy (non-hydrogen) atoms. The molecule has 0 saturated carbocycles. The van der Waals surface area contributed by atoms with Crippen molar-refractivity contribution < 1.29 is 65.7 Å². The molecular weight excluding hydrogens is 376 g/mol. The number of aliphatic hydroxyl groups is 11. The molecule has 0 aromatic carbocycles. The van der Waals surface area contributed by atoms with Crippen molar-refractivity contribution in [1.82, 2.24) is 0 Å². The highest BCUT2D eigenvalue weighted by Crippen LogP contribution is 2.33. The van der Waals surface area contributed by atoms with Crippen LogP contribution in [-0.4, -0.2) is 142 Å². The molecule has 1 heterocycles. The first-order valence-electron chi connectivity index (χ1n) is 7.99. The average Bonchev–Trinajstić information content (AvgIpc) is 2.68. The molecule has 1 saturated heterocycles. The Bertz CT molecular complexity index is 488. The Kier molecular flexibility index (Phi) is 8.61. The van der Waals surface area contributed by atoms with Crippen LogP contribution in [0.2, 0.25) is 0 Å². The van der Waals surface area contributed by atoms with Gasteiger partial charge in [0.1, 0.15) is 61.5 Å². The molecule has 1 rings (SSSR count). The first kappa shape index (κ1) is 24.2. The second-order valence-electron chi connectivity index (χ2n) is 6.33. The van der Waals surface area contributed by atoms with Gasteiger partial charge in [-0.15, -0.1) is 0 Å². The zero-order valence-corrected chi connectivity index (χ0v) is 14.1. The van der Waals surface area contributed by atoms with Crippen LogP contribution in [0.5, 0.6) is 0 Å². The van der Waals surface area contributed by atoms with E-state index in [0.29, 0.717) is 0 Å². The third kappa shape index (κ3) is 4.45. The summed E-state index contributed by atoms with van der Waals surface area (Å²) in [6.45, 7) is -3.43. The van der Waals surface area contributed by atoms with Gasteiger partial charge in [-0.3, -0.25) is 4.79 Å². The molecule has 10 atom stereocenters. The normalized spacial score (nSPS) is 35.7. The lowest BCUT2D eigenvalue weighted by atomic mass is 9.76. The molecule has 1 aliphatic heterocycles. The lowest BCUT2D eigenvalue weighted by Gasteiger charge is -2.48. The first-order chi connectivity index (χ1) is 12.5. The summed E-state index contributed by atoms with van der Waals surface area (Å²) in [7, 11) is 0. The minimum Gasteiger partial charge on any atom is -0.394 e. The Morgan fingerprint density at radius 3 is 1.93 bits per heavy atom. The number of hydrogen-bond acceptors (Lipinski definition) is 13. The summed E-state index contributed by atoms with van der Waals surface area (Å²) in [5.74, 6) is -1.61. The summed E-state index contributed by atoms with van der Waals surface area (Å²) in [6.07, 6.45) is -19.5. The zero-order chi connectivity index (χ0) is 21.1. The third-order valence-electron chi connectivity index (χ3n) is 4.62. The van der Waals surface area contributed by atoms with E-state index in [0.717, 1.165) is 0 Å². The SMILES string of the molecule is O=C(CO)C(O)(C(O)C(O)C(O)C(O)CO)C1O[C@H](CO)[C@H](O)[C@H](O)[C@H]1O. The van der Waals surface area contributed by atoms with Crippen LogP contribution in [0, 0.1) is 0 Å². The van der Waals surface area contributed by atoms with Crippen molar-refractivity contribution in [1.29, 1.82) is 0 Å². The maximum absolute atomic E-state index is 12.1. The van der Waals surface area contributed by atoms with Crippen molar-refractivity contribution in [2.45, 2.75) is 60.5 Å². The van der Waals surface area contributed by atoms with Gasteiger partial charge >= 0.3 is 0 Å². The summed E-state index contributed by atoms with van der Waals surface area (Å²) < 4.78 is 5.00. The molecule has 6 unspecified atom stereocenters. The quantitative estimate of drug-likeness (QED) is 0.172. The van der Waals surface area contributed by atoms with Gasteiger partial charge in [0.05, 0.1) is 13.2 Å². The predicted octanol–water partition coefficient (Wildman–Crippen LogP) is -7.44. The second-order valence-corrected chi connectivity index (χ2v) is 6.33. The van der Waals surface area contributed by atoms with Gasteiger partial charge in [-0.1, -0.05) is 0 Å². The molecule has 0 bridgehead atoms. The molecular formula is C14H26O13. The van der Waals surface area contributed by atoms with Crippen molar-refractivity contribution in [2.24, 2.45) is 0 Å². The fourth-order valence-electron chi connectivity index (χ4n) is 2.87. The van der Waals surface area contributed by atoms with Gasteiger partial charge < -0.3 is 60.9 Å². The molecule has 0 amide bonds. The van der Waals surface area contributed by atoms with Gasteiger partial charge in [0.15, 0.2) is 11.4 Å². The minimum absolute atomic E-state index is 0.935. The highest BCUT2D eigenvalue weighted by atomic mass is 16.6. The van der Waals surface area contributed by atoms with E-state index in [2.05, 4.69) is 0 Å². The third-order valence-corrected chi connectivity index (χ3v) is 4.62. The van der Waals surface area contributed by atoms with E-state index in [1.807, 2.05) is 0 Å². The lowest BCUT2D eigenvalue weighted by molar-refractivity contribution is -0.287. The summed E-state index contributed by atoms with van der Waals surface area (Å²) in [6, 6.07) is 0. The van der Waals surface area contributed by atoms with E-state index in [4.69, 9.17) is 14.9 Å². The molecule has 0 aromatic heterocycles. The van der Waals surface area contributed by atoms with Crippen LogP contribution in [0.4, 0.5) is 0 Å². The summed E-state index contributed by atoms with van der Waals surface area (Å²) in [5, 5.41) is 107. The Hall–Kier alpha value is -0.810. The number of Topliss-reactive ketones (excluding diaryl/α,β-unsaturated/α-hetero) is 1. The molecule has 11 N–H and O–H groups in total. The monoisotopic (exact) mass is 402 g/mol. The average molecular weight is 402 g/mol. The lowest BCUT2D eigenvalue weighted by Crippen LogP contribution is -2.73. The van der Waals surface area contributed by atoms with Gasteiger partial charge in [-0.25, -0.2) is 0 Å². The van der Waals surface area contributed by atoms with Crippen LogP contribution in [-0.2, 0) is 9.53 Å². The molecule has 0 aliphatic carbocycles. The zero-order valence-electron chi connectivity index (χ0n) is 14.1. The van der Waals surface area contributed by atoms with Crippen LogP contribution < -0.4 is 0 Å². The fourth-order valence-corrected chi connectivity index (χ4v) is 2.87. The number of ether oxygens (including phenoxy) is 1. The van der Waals surface area contributed by atoms with Crippen molar-refractivity contribution in [3.05, 3.63) is 0 Å². The van der Waals surface area contributed by atoms with Gasteiger partial charge in [-0.05, 0) is 0 Å². The Labute approximate surface area is 152 Å². The number of ketones is 1. The number of aliphatic hydroxyl groups excluding tert-OH is 10. The molecule has 0 spiro atoms. The number of rotatable bonds is 9. The first-order valence-corrected chi connectivity index (χ1v) is 7.99. The van der Waals surface area contributed by atoms with Gasteiger partial charge in [0, 0.05) is 0 Å². The molecule has 0 aromatic rings. The largest absolute Gasteiger partial charge is 0.394 e. The second kappa shape index (κ2) is 9.60. The Morgan fingerprint density at radius 1 is 0.926 bits per heavy atom. The van der Waals surface area contributed by atoms with Gasteiger partial charge in [0.25, 0.3) is 0 Å². The predicted molar refractivity (Wildman–Crippen MR) is 81.9 cm³/mol. The highest BCUT2D eigenvalue weighted by molar-refractivity contribution is 5.89. The highest BCUT2D eigenvalue weighted by Gasteiger charge is 2.60. The van der Waals surface area contributed by atoms with Crippen LogP contribution in [0.1, 0.15) is 0 Å².